The Hall–Kier alpha value is -1.40. The topological polar surface area (TPSA) is 124 Å². The first kappa shape index (κ1) is 25.6. The SMILES string of the molecule is [B]c1c([B])c([B])c(C([B])([B])[C@]([B])(NC(=O)[C@@H](N)CCCCN)C(N)=O)c([B])c1[B]. The molecule has 0 fully saturated rings. The lowest BCUT2D eigenvalue weighted by Gasteiger charge is -2.47. The third-order valence-corrected chi connectivity index (χ3v) is 4.78. The van der Waals surface area contributed by atoms with Crippen molar-refractivity contribution in [2.24, 2.45) is 17.2 Å². The van der Waals surface area contributed by atoms with E-state index < -0.39 is 28.5 Å². The zero-order chi connectivity index (χ0) is 22.7. The van der Waals surface area contributed by atoms with Crippen molar-refractivity contribution in [3.63, 3.8) is 0 Å². The van der Waals surface area contributed by atoms with E-state index in [-0.39, 0.29) is 39.3 Å². The number of carbonyl (C=O) groups excluding carboxylic acids is 2. The summed E-state index contributed by atoms with van der Waals surface area (Å²) in [6.45, 7) is 0.434. The van der Waals surface area contributed by atoms with Gasteiger partial charge >= 0.3 is 0 Å². The summed E-state index contributed by atoms with van der Waals surface area (Å²) in [5, 5.41) is -0.235. The zero-order valence-electron chi connectivity index (χ0n) is 16.1. The third-order valence-electron chi connectivity index (χ3n) is 4.78. The number of rotatable bonds is 9. The Morgan fingerprint density at radius 2 is 1.34 bits per heavy atom. The van der Waals surface area contributed by atoms with E-state index in [1.54, 1.807) is 0 Å². The van der Waals surface area contributed by atoms with Gasteiger partial charge in [0.2, 0.25) is 11.8 Å². The maximum Gasteiger partial charge on any atom is 0.237 e. The van der Waals surface area contributed by atoms with Gasteiger partial charge in [-0.15, -0.1) is 27.3 Å². The van der Waals surface area contributed by atoms with E-state index in [2.05, 4.69) is 5.32 Å². The zero-order valence-corrected chi connectivity index (χ0v) is 16.1. The van der Waals surface area contributed by atoms with Crippen molar-refractivity contribution in [1.29, 1.82) is 0 Å². The highest BCUT2D eigenvalue weighted by Crippen LogP contribution is 2.25. The fourth-order valence-electron chi connectivity index (χ4n) is 2.79. The van der Waals surface area contributed by atoms with Crippen LogP contribution in [0.15, 0.2) is 0 Å². The van der Waals surface area contributed by atoms with Crippen LogP contribution in [0.5, 0.6) is 0 Å². The lowest BCUT2D eigenvalue weighted by Crippen LogP contribution is -2.74. The van der Waals surface area contributed by atoms with Gasteiger partial charge in [0.05, 0.1) is 27.2 Å². The van der Waals surface area contributed by atoms with Crippen LogP contribution in [0.2, 0.25) is 0 Å². The highest BCUT2D eigenvalue weighted by atomic mass is 16.2. The summed E-state index contributed by atoms with van der Waals surface area (Å²) >= 11 is 0. The molecule has 7 N–H and O–H groups in total. The second-order valence-electron chi connectivity index (χ2n) is 6.86. The van der Waals surface area contributed by atoms with Crippen molar-refractivity contribution in [1.82, 2.24) is 5.32 Å². The molecule has 0 spiro atoms. The van der Waals surface area contributed by atoms with Crippen LogP contribution in [0, 0.1) is 0 Å². The van der Waals surface area contributed by atoms with Crippen LogP contribution < -0.4 is 49.8 Å². The molecule has 0 aromatic heterocycles. The molecule has 132 valence electrons. The molecule has 0 saturated carbocycles. The Balaban J connectivity index is 3.44. The molecule has 0 unspecified atom stereocenters. The number of amides is 2. The summed E-state index contributed by atoms with van der Waals surface area (Å²) in [6.07, 6.45) is 1.49. The number of nitrogens with one attached hydrogen (secondary N) is 1. The van der Waals surface area contributed by atoms with Crippen molar-refractivity contribution in [3.8, 4) is 0 Å². The van der Waals surface area contributed by atoms with Gasteiger partial charge < -0.3 is 22.5 Å². The summed E-state index contributed by atoms with van der Waals surface area (Å²) < 4.78 is 0. The molecule has 14 heteroatoms. The molecule has 0 bridgehead atoms. The highest BCUT2D eigenvalue weighted by Gasteiger charge is 2.47. The Morgan fingerprint density at radius 3 is 1.76 bits per heavy atom. The summed E-state index contributed by atoms with van der Waals surface area (Å²) in [6, 6.07) is -1.03. The van der Waals surface area contributed by atoms with Gasteiger partial charge in [0, 0.05) is 0 Å². The van der Waals surface area contributed by atoms with E-state index in [4.69, 9.17) is 80.0 Å². The van der Waals surface area contributed by atoms with E-state index in [0.717, 1.165) is 0 Å². The predicted octanol–water partition coefficient (Wildman–Crippen LogP) is -7.93. The molecule has 1 rings (SSSR count). The monoisotopic (exact) mass is 372 g/mol. The second-order valence-corrected chi connectivity index (χ2v) is 6.86. The minimum Gasteiger partial charge on any atom is -0.368 e. The lowest BCUT2D eigenvalue weighted by atomic mass is 9.34. The Morgan fingerprint density at radius 1 is 0.897 bits per heavy atom. The molecular weight excluding hydrogens is 355 g/mol. The van der Waals surface area contributed by atoms with Crippen LogP contribution in [-0.4, -0.2) is 92.6 Å². The molecule has 6 nitrogen and oxygen atoms in total. The summed E-state index contributed by atoms with van der Waals surface area (Å²) in [5.41, 5.74) is 12.8. The molecule has 16 radical (unpaired) electrons. The highest BCUT2D eigenvalue weighted by molar-refractivity contribution is 6.68. The Kier molecular flexibility index (Phi) is 8.49. The first-order valence-corrected chi connectivity index (χ1v) is 8.69. The van der Waals surface area contributed by atoms with Crippen molar-refractivity contribution >= 4 is 102 Å². The van der Waals surface area contributed by atoms with Crippen molar-refractivity contribution < 1.29 is 9.59 Å². The van der Waals surface area contributed by atoms with Gasteiger partial charge in [-0.3, -0.25) is 9.59 Å². The van der Waals surface area contributed by atoms with Gasteiger partial charge in [0.1, 0.15) is 47.1 Å². The molecule has 0 aliphatic carbocycles. The molecule has 2 atom stereocenters. The number of hydrogen-bond acceptors (Lipinski definition) is 4. The smallest absolute Gasteiger partial charge is 0.237 e. The van der Waals surface area contributed by atoms with Crippen LogP contribution >= 0.6 is 0 Å². The van der Waals surface area contributed by atoms with E-state index in [0.29, 0.717) is 19.4 Å². The van der Waals surface area contributed by atoms with Gasteiger partial charge in [-0.25, -0.2) is 0 Å². The predicted molar refractivity (Wildman–Crippen MR) is 123 cm³/mol. The van der Waals surface area contributed by atoms with Crippen molar-refractivity contribution in [2.45, 2.75) is 36.0 Å². The molecule has 0 heterocycles. The standard InChI is InChI=1S/C15H16B8N4O2/c16-7-6(8(17)10(19)11(20)9(7)18)14(21,22)15(23,13(26)29)27-12(28)5(25)3-1-2-4-24/h5H,1-4,24-25H2,(H2,26,29)(H,27,28)/t5-,15+/m0/s1. The normalized spacial score (nSPS) is 14.7. The van der Waals surface area contributed by atoms with Crippen LogP contribution in [0.25, 0.3) is 0 Å². The maximum atomic E-state index is 12.5. The molecule has 2 amide bonds. The number of benzene rings is 1. The largest absolute Gasteiger partial charge is 0.368 e. The van der Waals surface area contributed by atoms with Gasteiger partial charge in [0.15, 0.2) is 0 Å². The van der Waals surface area contributed by atoms with Gasteiger partial charge in [-0.1, -0.05) is 17.2 Å². The molecular formula is C15H16B8N4O2. The first-order valence-electron chi connectivity index (χ1n) is 8.69. The average Bonchev–Trinajstić information content (AvgIpc) is 2.64. The Labute approximate surface area is 182 Å². The summed E-state index contributed by atoms with van der Waals surface area (Å²) in [4.78, 5) is 24.7. The molecule has 29 heavy (non-hydrogen) atoms. The lowest BCUT2D eigenvalue weighted by molar-refractivity contribution is -0.130. The van der Waals surface area contributed by atoms with Crippen LogP contribution in [0.1, 0.15) is 24.8 Å². The molecule has 1 aromatic rings. The van der Waals surface area contributed by atoms with Gasteiger partial charge in [-0.05, 0) is 19.4 Å². The van der Waals surface area contributed by atoms with E-state index in [1.807, 2.05) is 0 Å². The summed E-state index contributed by atoms with van der Waals surface area (Å²) in [5.74, 6) is -2.10. The second kappa shape index (κ2) is 9.61. The van der Waals surface area contributed by atoms with Crippen molar-refractivity contribution in [2.75, 3.05) is 6.54 Å². The van der Waals surface area contributed by atoms with Crippen molar-refractivity contribution in [3.05, 3.63) is 5.56 Å². The number of hydrogen-bond donors (Lipinski definition) is 4. The molecule has 0 aliphatic rings. The quantitative estimate of drug-likeness (QED) is 0.254. The minimum absolute atomic E-state index is 0.104. The van der Waals surface area contributed by atoms with E-state index in [1.165, 1.54) is 0 Å². The fraction of sp³-hybridized carbons (Fsp3) is 0.467. The number of nitrogens with two attached hydrogens (primary N) is 3. The van der Waals surface area contributed by atoms with E-state index in [9.17, 15) is 9.59 Å². The number of primary amides is 1. The van der Waals surface area contributed by atoms with E-state index >= 15 is 0 Å². The van der Waals surface area contributed by atoms with Gasteiger partial charge in [-0.2, -0.15) is 0 Å². The third kappa shape index (κ3) is 4.85. The molecule has 1 aromatic carbocycles. The number of unbranched alkanes of at least 4 members (excludes halogenated alkanes) is 1. The van der Waals surface area contributed by atoms with Gasteiger partial charge in [0.25, 0.3) is 0 Å². The Bertz CT molecular complexity index is 778. The first-order chi connectivity index (χ1) is 13.2. The number of carbonyl (C=O) groups is 2. The maximum absolute atomic E-state index is 12.5. The van der Waals surface area contributed by atoms with Crippen LogP contribution in [0.3, 0.4) is 0 Å². The molecule has 0 saturated heterocycles. The van der Waals surface area contributed by atoms with Crippen LogP contribution in [-0.2, 0) is 14.8 Å². The molecule has 0 aliphatic heterocycles. The fourth-order valence-corrected chi connectivity index (χ4v) is 2.79. The average molecular weight is 371 g/mol. The summed E-state index contributed by atoms with van der Waals surface area (Å²) in [7, 11) is 47.6. The minimum atomic E-state index is -2.56. The van der Waals surface area contributed by atoms with Crippen LogP contribution in [0.4, 0.5) is 0 Å².